The lowest BCUT2D eigenvalue weighted by atomic mass is 9.97. The highest BCUT2D eigenvalue weighted by atomic mass is 35.5. The van der Waals surface area contributed by atoms with E-state index in [0.29, 0.717) is 17.0 Å². The van der Waals surface area contributed by atoms with Crippen LogP contribution in [0.3, 0.4) is 0 Å². The summed E-state index contributed by atoms with van der Waals surface area (Å²) in [6, 6.07) is 13.2. The van der Waals surface area contributed by atoms with Crippen molar-refractivity contribution in [1.82, 2.24) is 5.32 Å². The lowest BCUT2D eigenvalue weighted by molar-refractivity contribution is 0.513. The van der Waals surface area contributed by atoms with Gasteiger partial charge in [-0.3, -0.25) is 0 Å². The summed E-state index contributed by atoms with van der Waals surface area (Å²) in [6.07, 6.45) is 1.63. The minimum Gasteiger partial charge on any atom is -0.310 e. The Morgan fingerprint density at radius 2 is 1.86 bits per heavy atom. The van der Waals surface area contributed by atoms with Crippen molar-refractivity contribution in [1.29, 1.82) is 0 Å². The van der Waals surface area contributed by atoms with Crippen molar-refractivity contribution < 1.29 is 4.39 Å². The molecule has 0 spiro atoms. The quantitative estimate of drug-likeness (QED) is 0.785. The zero-order valence-electron chi connectivity index (χ0n) is 12.5. The molecular formula is C18H21ClFN. The fraction of sp³-hybridized carbons (Fsp3) is 0.333. The third-order valence-electron chi connectivity index (χ3n) is 3.55. The van der Waals surface area contributed by atoms with Crippen molar-refractivity contribution in [2.75, 3.05) is 6.54 Å². The summed E-state index contributed by atoms with van der Waals surface area (Å²) in [4.78, 5) is 0. The zero-order chi connectivity index (χ0) is 15.2. The molecule has 2 aromatic carbocycles. The molecule has 0 saturated heterocycles. The third-order valence-corrected chi connectivity index (χ3v) is 3.79. The van der Waals surface area contributed by atoms with Gasteiger partial charge in [0, 0.05) is 11.1 Å². The van der Waals surface area contributed by atoms with Gasteiger partial charge in [0.2, 0.25) is 0 Å². The van der Waals surface area contributed by atoms with Crippen LogP contribution in [0.4, 0.5) is 4.39 Å². The van der Waals surface area contributed by atoms with Gasteiger partial charge in [0.25, 0.3) is 0 Å². The van der Waals surface area contributed by atoms with Gasteiger partial charge in [-0.2, -0.15) is 0 Å². The van der Waals surface area contributed by atoms with Gasteiger partial charge in [0.05, 0.1) is 0 Å². The van der Waals surface area contributed by atoms with E-state index in [0.717, 1.165) is 13.0 Å². The van der Waals surface area contributed by atoms with Gasteiger partial charge in [0.1, 0.15) is 5.82 Å². The van der Waals surface area contributed by atoms with E-state index in [1.54, 1.807) is 12.1 Å². The number of halogens is 2. The van der Waals surface area contributed by atoms with Gasteiger partial charge in [0.15, 0.2) is 0 Å². The van der Waals surface area contributed by atoms with E-state index in [1.807, 2.05) is 0 Å². The first-order chi connectivity index (χ1) is 10.1. The van der Waals surface area contributed by atoms with Gasteiger partial charge in [-0.25, -0.2) is 4.39 Å². The fourth-order valence-corrected chi connectivity index (χ4v) is 2.54. The van der Waals surface area contributed by atoms with Gasteiger partial charge in [-0.05, 0) is 55.6 Å². The smallest absolute Gasteiger partial charge is 0.126 e. The Labute approximate surface area is 131 Å². The molecule has 112 valence electrons. The van der Waals surface area contributed by atoms with Crippen LogP contribution in [0.2, 0.25) is 5.02 Å². The largest absolute Gasteiger partial charge is 0.310 e. The molecule has 2 rings (SSSR count). The number of nitrogens with one attached hydrogen (secondary N) is 1. The van der Waals surface area contributed by atoms with Gasteiger partial charge in [-0.15, -0.1) is 0 Å². The Morgan fingerprint density at radius 3 is 2.52 bits per heavy atom. The molecule has 0 bridgehead atoms. The molecule has 0 aliphatic rings. The average molecular weight is 306 g/mol. The van der Waals surface area contributed by atoms with Crippen LogP contribution in [0.25, 0.3) is 0 Å². The second-order valence-corrected chi connectivity index (χ2v) is 5.79. The van der Waals surface area contributed by atoms with Crippen LogP contribution in [-0.4, -0.2) is 6.54 Å². The van der Waals surface area contributed by atoms with E-state index in [2.05, 4.69) is 43.4 Å². The minimum atomic E-state index is -0.199. The van der Waals surface area contributed by atoms with Crippen LogP contribution in [0.15, 0.2) is 42.5 Å². The summed E-state index contributed by atoms with van der Waals surface area (Å²) < 4.78 is 13.9. The van der Waals surface area contributed by atoms with Crippen LogP contribution in [0.5, 0.6) is 0 Å². The van der Waals surface area contributed by atoms with E-state index in [4.69, 9.17) is 11.6 Å². The third kappa shape index (κ3) is 4.55. The highest BCUT2D eigenvalue weighted by molar-refractivity contribution is 6.30. The molecule has 0 saturated carbocycles. The van der Waals surface area contributed by atoms with E-state index < -0.39 is 0 Å². The molecule has 0 aliphatic carbocycles. The summed E-state index contributed by atoms with van der Waals surface area (Å²) >= 11 is 5.98. The molecule has 2 aromatic rings. The molecule has 1 unspecified atom stereocenters. The molecule has 3 heteroatoms. The van der Waals surface area contributed by atoms with E-state index >= 15 is 0 Å². The van der Waals surface area contributed by atoms with Crippen LogP contribution in [0.1, 0.15) is 36.1 Å². The Hall–Kier alpha value is -1.38. The second-order valence-electron chi connectivity index (χ2n) is 5.36. The van der Waals surface area contributed by atoms with Gasteiger partial charge in [-0.1, -0.05) is 48.4 Å². The molecule has 0 fully saturated rings. The Balaban J connectivity index is 2.23. The number of hydrogen-bond donors (Lipinski definition) is 1. The highest BCUT2D eigenvalue weighted by Gasteiger charge is 2.14. The molecule has 1 nitrogen and oxygen atoms in total. The molecular weight excluding hydrogens is 285 g/mol. The number of aryl methyl sites for hydroxylation is 1. The summed E-state index contributed by atoms with van der Waals surface area (Å²) in [5.41, 5.74) is 3.05. The lowest BCUT2D eigenvalue weighted by Gasteiger charge is -2.20. The highest BCUT2D eigenvalue weighted by Crippen LogP contribution is 2.23. The van der Waals surface area contributed by atoms with Crippen molar-refractivity contribution in [2.45, 2.75) is 32.7 Å². The van der Waals surface area contributed by atoms with E-state index in [1.165, 1.54) is 17.2 Å². The summed E-state index contributed by atoms with van der Waals surface area (Å²) in [5, 5.41) is 4.06. The number of benzene rings is 2. The van der Waals surface area contributed by atoms with Crippen molar-refractivity contribution in [2.24, 2.45) is 0 Å². The molecule has 1 atom stereocenters. The topological polar surface area (TPSA) is 12.0 Å². The Morgan fingerprint density at radius 1 is 1.14 bits per heavy atom. The van der Waals surface area contributed by atoms with Crippen LogP contribution in [0, 0.1) is 12.7 Å². The minimum absolute atomic E-state index is 0.0958. The first-order valence-corrected chi connectivity index (χ1v) is 7.72. The predicted octanol–water partition coefficient (Wildman–Crippen LogP) is 5.07. The van der Waals surface area contributed by atoms with Gasteiger partial charge < -0.3 is 5.32 Å². The first kappa shape index (κ1) is 16.0. The standard InChI is InChI=1S/C18H21ClFN/c1-3-10-21-18(14-6-4-13(2)5-7-14)12-15-11-16(19)8-9-17(15)20/h4-9,11,18,21H,3,10,12H2,1-2H3. The molecule has 21 heavy (non-hydrogen) atoms. The maximum atomic E-state index is 13.9. The van der Waals surface area contributed by atoms with Crippen LogP contribution >= 0.6 is 11.6 Å². The van der Waals surface area contributed by atoms with Crippen molar-refractivity contribution in [3.8, 4) is 0 Å². The number of rotatable bonds is 6. The normalized spacial score (nSPS) is 12.4. The first-order valence-electron chi connectivity index (χ1n) is 7.34. The maximum Gasteiger partial charge on any atom is 0.126 e. The molecule has 0 aliphatic heterocycles. The zero-order valence-corrected chi connectivity index (χ0v) is 13.3. The fourth-order valence-electron chi connectivity index (χ4n) is 2.34. The van der Waals surface area contributed by atoms with E-state index in [-0.39, 0.29) is 11.9 Å². The Kier molecular flexibility index (Phi) is 5.77. The van der Waals surface area contributed by atoms with Crippen molar-refractivity contribution in [3.63, 3.8) is 0 Å². The van der Waals surface area contributed by atoms with Gasteiger partial charge >= 0.3 is 0 Å². The van der Waals surface area contributed by atoms with Crippen molar-refractivity contribution >= 4 is 11.6 Å². The summed E-state index contributed by atoms with van der Waals surface area (Å²) in [6.45, 7) is 5.09. The lowest BCUT2D eigenvalue weighted by Crippen LogP contribution is -2.24. The van der Waals surface area contributed by atoms with E-state index in [9.17, 15) is 4.39 Å². The van der Waals surface area contributed by atoms with Crippen LogP contribution in [-0.2, 0) is 6.42 Å². The maximum absolute atomic E-state index is 13.9. The van der Waals surface area contributed by atoms with Crippen LogP contribution < -0.4 is 5.32 Å². The predicted molar refractivity (Wildman–Crippen MR) is 87.3 cm³/mol. The molecule has 0 amide bonds. The average Bonchev–Trinajstić information content (AvgIpc) is 2.48. The monoisotopic (exact) mass is 305 g/mol. The summed E-state index contributed by atoms with van der Waals surface area (Å²) in [5.74, 6) is -0.199. The molecule has 0 radical (unpaired) electrons. The molecule has 1 N–H and O–H groups in total. The Bertz CT molecular complexity index is 580. The SMILES string of the molecule is CCCNC(Cc1cc(Cl)ccc1F)c1ccc(C)cc1. The van der Waals surface area contributed by atoms with Crippen molar-refractivity contribution in [3.05, 3.63) is 70.0 Å². The molecule has 0 aromatic heterocycles. The number of hydrogen-bond acceptors (Lipinski definition) is 1. The summed E-state index contributed by atoms with van der Waals surface area (Å²) in [7, 11) is 0. The second kappa shape index (κ2) is 7.58. The molecule has 0 heterocycles.